The van der Waals surface area contributed by atoms with Gasteiger partial charge >= 0.3 is 0 Å². The van der Waals surface area contributed by atoms with E-state index in [1.807, 2.05) is 22.7 Å². The first-order valence-corrected chi connectivity index (χ1v) is 8.76. The molecule has 0 aromatic carbocycles. The van der Waals surface area contributed by atoms with Gasteiger partial charge in [-0.3, -0.25) is 0 Å². The third-order valence-electron chi connectivity index (χ3n) is 3.80. The number of hydrogen-bond acceptors (Lipinski definition) is 3. The standard InChI is InChI=1S/C16H20OS2/c1-2-12-7-8-13(18-12)10-14(17)16-9-11-5-3-4-6-15(11)19-16/h7-9,14,17H,2-6,10H2,1H3. The van der Waals surface area contributed by atoms with E-state index in [0.29, 0.717) is 0 Å². The Balaban J connectivity index is 1.72. The van der Waals surface area contributed by atoms with Crippen molar-refractivity contribution in [3.63, 3.8) is 0 Å². The predicted octanol–water partition coefficient (Wildman–Crippen LogP) is 4.53. The van der Waals surface area contributed by atoms with Crippen LogP contribution in [-0.2, 0) is 25.7 Å². The molecule has 0 fully saturated rings. The van der Waals surface area contributed by atoms with Gasteiger partial charge in [0, 0.05) is 25.9 Å². The van der Waals surface area contributed by atoms with Gasteiger partial charge in [0.1, 0.15) is 0 Å². The van der Waals surface area contributed by atoms with Crippen molar-refractivity contribution in [3.05, 3.63) is 43.3 Å². The molecule has 102 valence electrons. The maximum Gasteiger partial charge on any atom is 0.0930 e. The van der Waals surface area contributed by atoms with Gasteiger partial charge < -0.3 is 5.11 Å². The Labute approximate surface area is 122 Å². The zero-order valence-corrected chi connectivity index (χ0v) is 12.9. The fraction of sp³-hybridized carbons (Fsp3) is 0.500. The van der Waals surface area contributed by atoms with Crippen LogP contribution in [0.15, 0.2) is 18.2 Å². The van der Waals surface area contributed by atoms with Crippen molar-refractivity contribution in [3.8, 4) is 0 Å². The van der Waals surface area contributed by atoms with Crippen LogP contribution in [0.1, 0.15) is 50.9 Å². The summed E-state index contributed by atoms with van der Waals surface area (Å²) in [5.41, 5.74) is 1.49. The van der Waals surface area contributed by atoms with Crippen LogP contribution in [0.4, 0.5) is 0 Å². The van der Waals surface area contributed by atoms with Gasteiger partial charge in [0.2, 0.25) is 0 Å². The average Bonchev–Trinajstić information content (AvgIpc) is 3.04. The Morgan fingerprint density at radius 3 is 2.68 bits per heavy atom. The van der Waals surface area contributed by atoms with Crippen LogP contribution in [0.3, 0.4) is 0 Å². The molecule has 1 aliphatic rings. The highest BCUT2D eigenvalue weighted by atomic mass is 32.1. The molecule has 1 nitrogen and oxygen atoms in total. The highest BCUT2D eigenvalue weighted by Crippen LogP contribution is 2.34. The maximum atomic E-state index is 10.4. The van der Waals surface area contributed by atoms with E-state index in [-0.39, 0.29) is 6.10 Å². The Hall–Kier alpha value is -0.640. The number of fused-ring (bicyclic) bond motifs is 1. The van der Waals surface area contributed by atoms with Crippen molar-refractivity contribution < 1.29 is 5.11 Å². The largest absolute Gasteiger partial charge is 0.387 e. The second-order valence-corrected chi connectivity index (χ2v) is 7.67. The smallest absolute Gasteiger partial charge is 0.0930 e. The summed E-state index contributed by atoms with van der Waals surface area (Å²) in [6.45, 7) is 2.18. The average molecular weight is 292 g/mol. The van der Waals surface area contributed by atoms with Gasteiger partial charge in [-0.25, -0.2) is 0 Å². The van der Waals surface area contributed by atoms with E-state index < -0.39 is 0 Å². The van der Waals surface area contributed by atoms with Crippen molar-refractivity contribution >= 4 is 22.7 Å². The Morgan fingerprint density at radius 2 is 1.95 bits per heavy atom. The summed E-state index contributed by atoms with van der Waals surface area (Å²) in [7, 11) is 0. The molecule has 0 radical (unpaired) electrons. The second-order valence-electron chi connectivity index (χ2n) is 5.25. The molecule has 0 spiro atoms. The first-order chi connectivity index (χ1) is 9.26. The third kappa shape index (κ3) is 2.93. The first kappa shape index (κ1) is 13.3. The zero-order valence-electron chi connectivity index (χ0n) is 11.3. The molecule has 0 saturated heterocycles. The summed E-state index contributed by atoms with van der Waals surface area (Å²) in [6, 6.07) is 6.60. The molecule has 1 aliphatic carbocycles. The van der Waals surface area contributed by atoms with Gasteiger partial charge in [0.05, 0.1) is 6.10 Å². The molecule has 3 rings (SSSR count). The summed E-state index contributed by atoms with van der Waals surface area (Å²) < 4.78 is 0. The van der Waals surface area contributed by atoms with E-state index in [1.54, 1.807) is 0 Å². The molecule has 1 N–H and O–H groups in total. The van der Waals surface area contributed by atoms with E-state index in [9.17, 15) is 5.11 Å². The lowest BCUT2D eigenvalue weighted by Crippen LogP contribution is -1.98. The molecule has 2 aromatic heterocycles. The fourth-order valence-electron chi connectivity index (χ4n) is 2.69. The van der Waals surface area contributed by atoms with Gasteiger partial charge in [0.15, 0.2) is 0 Å². The predicted molar refractivity (Wildman–Crippen MR) is 83.3 cm³/mol. The Morgan fingerprint density at radius 1 is 1.16 bits per heavy atom. The van der Waals surface area contributed by atoms with Gasteiger partial charge in [-0.05, 0) is 55.9 Å². The fourth-order valence-corrected chi connectivity index (χ4v) is 4.93. The minimum Gasteiger partial charge on any atom is -0.387 e. The summed E-state index contributed by atoms with van der Waals surface area (Å²) in [4.78, 5) is 5.39. The van der Waals surface area contributed by atoms with Crippen LogP contribution in [0.25, 0.3) is 0 Å². The van der Waals surface area contributed by atoms with E-state index in [2.05, 4.69) is 25.1 Å². The van der Waals surface area contributed by atoms with Crippen LogP contribution in [0, 0.1) is 0 Å². The molecule has 3 heteroatoms. The highest BCUT2D eigenvalue weighted by Gasteiger charge is 2.18. The lowest BCUT2D eigenvalue weighted by atomic mass is 9.99. The van der Waals surface area contributed by atoms with Crippen molar-refractivity contribution in [1.82, 2.24) is 0 Å². The number of aliphatic hydroxyl groups is 1. The molecule has 1 unspecified atom stereocenters. The molecule has 0 amide bonds. The number of rotatable bonds is 4. The van der Waals surface area contributed by atoms with Gasteiger partial charge in [0.25, 0.3) is 0 Å². The quantitative estimate of drug-likeness (QED) is 0.878. The molecule has 1 atom stereocenters. The minimum atomic E-state index is -0.320. The van der Waals surface area contributed by atoms with Gasteiger partial charge in [-0.2, -0.15) is 0 Å². The molecule has 0 bridgehead atoms. The lowest BCUT2D eigenvalue weighted by Gasteiger charge is -2.08. The molecular formula is C16H20OS2. The summed E-state index contributed by atoms with van der Waals surface area (Å²) in [6.07, 6.45) is 6.58. The highest BCUT2D eigenvalue weighted by molar-refractivity contribution is 7.12. The molecule has 2 heterocycles. The van der Waals surface area contributed by atoms with Crippen molar-refractivity contribution in [2.45, 2.75) is 51.6 Å². The van der Waals surface area contributed by atoms with E-state index in [0.717, 1.165) is 12.8 Å². The number of hydrogen-bond donors (Lipinski definition) is 1. The van der Waals surface area contributed by atoms with Crippen LogP contribution < -0.4 is 0 Å². The topological polar surface area (TPSA) is 20.2 Å². The monoisotopic (exact) mass is 292 g/mol. The van der Waals surface area contributed by atoms with E-state index in [1.165, 1.54) is 50.8 Å². The summed E-state index contributed by atoms with van der Waals surface area (Å²) in [5, 5.41) is 10.4. The maximum absolute atomic E-state index is 10.4. The zero-order chi connectivity index (χ0) is 13.2. The second kappa shape index (κ2) is 5.78. The van der Waals surface area contributed by atoms with Crippen LogP contribution in [0.5, 0.6) is 0 Å². The molecule has 0 saturated carbocycles. The number of aliphatic hydroxyl groups excluding tert-OH is 1. The number of aryl methyl sites for hydroxylation is 3. The van der Waals surface area contributed by atoms with Crippen LogP contribution in [0.2, 0.25) is 0 Å². The SMILES string of the molecule is CCc1ccc(CC(O)c2cc3c(s2)CCCC3)s1. The van der Waals surface area contributed by atoms with Crippen molar-refractivity contribution in [2.75, 3.05) is 0 Å². The third-order valence-corrected chi connectivity index (χ3v) is 6.39. The van der Waals surface area contributed by atoms with Crippen molar-refractivity contribution in [1.29, 1.82) is 0 Å². The van der Waals surface area contributed by atoms with Gasteiger partial charge in [-0.1, -0.05) is 6.92 Å². The first-order valence-electron chi connectivity index (χ1n) is 7.13. The molecular weight excluding hydrogens is 272 g/mol. The van der Waals surface area contributed by atoms with Gasteiger partial charge in [-0.15, -0.1) is 22.7 Å². The van der Waals surface area contributed by atoms with Crippen LogP contribution in [-0.4, -0.2) is 5.11 Å². The number of thiophene rings is 2. The molecule has 0 aliphatic heterocycles. The van der Waals surface area contributed by atoms with Crippen LogP contribution >= 0.6 is 22.7 Å². The summed E-state index contributed by atoms with van der Waals surface area (Å²) >= 11 is 3.67. The Kier molecular flexibility index (Phi) is 4.06. The van der Waals surface area contributed by atoms with E-state index >= 15 is 0 Å². The molecule has 19 heavy (non-hydrogen) atoms. The van der Waals surface area contributed by atoms with Crippen molar-refractivity contribution in [2.24, 2.45) is 0 Å². The molecule has 2 aromatic rings. The minimum absolute atomic E-state index is 0.320. The lowest BCUT2D eigenvalue weighted by molar-refractivity contribution is 0.183. The van der Waals surface area contributed by atoms with E-state index in [4.69, 9.17) is 0 Å². The summed E-state index contributed by atoms with van der Waals surface area (Å²) in [5.74, 6) is 0. The Bertz CT molecular complexity index is 529. The normalized spacial score (nSPS) is 16.3.